The van der Waals surface area contributed by atoms with E-state index in [0.717, 1.165) is 5.56 Å². The summed E-state index contributed by atoms with van der Waals surface area (Å²) in [5, 5.41) is 8.80. The highest BCUT2D eigenvalue weighted by Crippen LogP contribution is 2.34. The van der Waals surface area contributed by atoms with Crippen LogP contribution in [-0.2, 0) is 5.41 Å². The van der Waals surface area contributed by atoms with E-state index in [9.17, 15) is 4.79 Å². The Morgan fingerprint density at radius 2 is 1.84 bits per heavy atom. The van der Waals surface area contributed by atoms with Gasteiger partial charge in [0.2, 0.25) is 5.76 Å². The molecule has 0 aliphatic rings. The minimum Gasteiger partial charge on any atom is -0.475 e. The van der Waals surface area contributed by atoms with Crippen LogP contribution in [0, 0.1) is 0 Å². The number of aromatic carboxylic acids is 1. The maximum atomic E-state index is 10.7. The summed E-state index contributed by atoms with van der Waals surface area (Å²) >= 11 is 0. The molecule has 0 atom stereocenters. The molecule has 4 heteroatoms. The van der Waals surface area contributed by atoms with Crippen LogP contribution in [0.25, 0.3) is 0 Å². The summed E-state index contributed by atoms with van der Waals surface area (Å²) < 4.78 is 10.7. The summed E-state index contributed by atoms with van der Waals surface area (Å²) in [5.74, 6) is -0.405. The van der Waals surface area contributed by atoms with Gasteiger partial charge in [-0.2, -0.15) is 0 Å². The summed E-state index contributed by atoms with van der Waals surface area (Å²) in [6.07, 6.45) is 0. The lowest BCUT2D eigenvalue weighted by atomic mass is 9.86. The Hall–Kier alpha value is -2.23. The molecule has 0 saturated heterocycles. The van der Waals surface area contributed by atoms with Crippen molar-refractivity contribution in [3.05, 3.63) is 47.7 Å². The number of carbonyl (C=O) groups is 1. The first-order valence-corrected chi connectivity index (χ1v) is 5.98. The van der Waals surface area contributed by atoms with E-state index >= 15 is 0 Å². The smallest absolute Gasteiger partial charge is 0.371 e. The van der Waals surface area contributed by atoms with Gasteiger partial charge in [-0.1, -0.05) is 39.0 Å². The minimum atomic E-state index is -1.11. The summed E-state index contributed by atoms with van der Waals surface area (Å²) in [7, 11) is 0. The topological polar surface area (TPSA) is 59.7 Å². The summed E-state index contributed by atoms with van der Waals surface area (Å²) in [5.41, 5.74) is 0.960. The van der Waals surface area contributed by atoms with Gasteiger partial charge in [-0.15, -0.1) is 0 Å². The van der Waals surface area contributed by atoms with Gasteiger partial charge >= 0.3 is 5.97 Å². The van der Waals surface area contributed by atoms with Crippen LogP contribution in [0.3, 0.4) is 0 Å². The first-order chi connectivity index (χ1) is 8.88. The van der Waals surface area contributed by atoms with Crippen molar-refractivity contribution in [2.45, 2.75) is 26.2 Å². The van der Waals surface area contributed by atoms with Gasteiger partial charge in [0.05, 0.1) is 0 Å². The number of hydrogen-bond acceptors (Lipinski definition) is 3. The molecule has 2 aromatic rings. The Morgan fingerprint density at radius 1 is 1.16 bits per heavy atom. The molecule has 0 aliphatic heterocycles. The van der Waals surface area contributed by atoms with E-state index in [0.29, 0.717) is 5.75 Å². The number of hydrogen-bond donors (Lipinski definition) is 1. The molecule has 0 bridgehead atoms. The lowest BCUT2D eigenvalue weighted by Gasteiger charge is -2.21. The molecule has 0 saturated carbocycles. The zero-order chi connectivity index (χ0) is 14.0. The fraction of sp³-hybridized carbons (Fsp3) is 0.267. The fourth-order valence-corrected chi connectivity index (χ4v) is 1.77. The Balaban J connectivity index is 2.30. The maximum Gasteiger partial charge on any atom is 0.371 e. The first kappa shape index (κ1) is 13.2. The Kier molecular flexibility index (Phi) is 3.34. The van der Waals surface area contributed by atoms with Gasteiger partial charge in [0.1, 0.15) is 5.75 Å². The third-order valence-corrected chi connectivity index (χ3v) is 2.70. The van der Waals surface area contributed by atoms with Crippen LogP contribution in [0.2, 0.25) is 0 Å². The maximum absolute atomic E-state index is 10.7. The van der Waals surface area contributed by atoms with Crippen LogP contribution in [0.4, 0.5) is 0 Å². The van der Waals surface area contributed by atoms with E-state index in [1.165, 1.54) is 12.1 Å². The van der Waals surface area contributed by atoms with Crippen LogP contribution in [-0.4, -0.2) is 11.1 Å². The summed E-state index contributed by atoms with van der Waals surface area (Å²) in [4.78, 5) is 10.7. The summed E-state index contributed by atoms with van der Waals surface area (Å²) in [6, 6.07) is 10.5. The molecule has 19 heavy (non-hydrogen) atoms. The van der Waals surface area contributed by atoms with Crippen molar-refractivity contribution in [3.8, 4) is 11.7 Å². The highest BCUT2D eigenvalue weighted by Gasteiger charge is 2.19. The van der Waals surface area contributed by atoms with Gasteiger partial charge in [-0.25, -0.2) is 4.79 Å². The predicted molar refractivity (Wildman–Crippen MR) is 70.9 cm³/mol. The van der Waals surface area contributed by atoms with E-state index in [-0.39, 0.29) is 17.1 Å². The van der Waals surface area contributed by atoms with E-state index in [1.54, 1.807) is 0 Å². The van der Waals surface area contributed by atoms with E-state index in [2.05, 4.69) is 20.8 Å². The Bertz CT molecular complexity index is 590. The van der Waals surface area contributed by atoms with Crippen molar-refractivity contribution in [3.63, 3.8) is 0 Å². The monoisotopic (exact) mass is 260 g/mol. The second kappa shape index (κ2) is 4.80. The van der Waals surface area contributed by atoms with Crippen molar-refractivity contribution >= 4 is 5.97 Å². The zero-order valence-corrected chi connectivity index (χ0v) is 11.1. The zero-order valence-electron chi connectivity index (χ0n) is 11.1. The molecule has 0 amide bonds. The molecule has 1 aromatic carbocycles. The van der Waals surface area contributed by atoms with Crippen LogP contribution < -0.4 is 4.74 Å². The average molecular weight is 260 g/mol. The Morgan fingerprint density at radius 3 is 2.42 bits per heavy atom. The molecule has 100 valence electrons. The highest BCUT2D eigenvalue weighted by atomic mass is 16.6. The molecule has 0 spiro atoms. The Labute approximate surface area is 111 Å². The third-order valence-electron chi connectivity index (χ3n) is 2.70. The van der Waals surface area contributed by atoms with E-state index < -0.39 is 5.97 Å². The quantitative estimate of drug-likeness (QED) is 0.903. The van der Waals surface area contributed by atoms with Crippen LogP contribution in [0.1, 0.15) is 36.9 Å². The van der Waals surface area contributed by atoms with Crippen LogP contribution >= 0.6 is 0 Å². The average Bonchev–Trinajstić information content (AvgIpc) is 2.77. The lowest BCUT2D eigenvalue weighted by molar-refractivity contribution is 0.0657. The first-order valence-electron chi connectivity index (χ1n) is 5.98. The lowest BCUT2D eigenvalue weighted by Crippen LogP contribution is -2.12. The van der Waals surface area contributed by atoms with Crippen molar-refractivity contribution in [1.29, 1.82) is 0 Å². The van der Waals surface area contributed by atoms with Gasteiger partial charge in [-0.05, 0) is 17.5 Å². The number of rotatable bonds is 3. The SMILES string of the molecule is CC(C)(C)c1ccccc1Oc1ccc(C(=O)O)o1. The molecule has 2 rings (SSSR count). The van der Waals surface area contributed by atoms with Gasteiger partial charge in [0.25, 0.3) is 5.95 Å². The van der Waals surface area contributed by atoms with Crippen molar-refractivity contribution in [2.75, 3.05) is 0 Å². The largest absolute Gasteiger partial charge is 0.475 e. The molecule has 0 radical (unpaired) electrons. The normalized spacial score (nSPS) is 11.3. The van der Waals surface area contributed by atoms with Crippen LogP contribution in [0.15, 0.2) is 40.8 Å². The number of benzene rings is 1. The molecule has 0 unspecified atom stereocenters. The summed E-state index contributed by atoms with van der Waals surface area (Å²) in [6.45, 7) is 6.25. The third kappa shape index (κ3) is 2.96. The highest BCUT2D eigenvalue weighted by molar-refractivity contribution is 5.84. The van der Waals surface area contributed by atoms with Crippen molar-refractivity contribution in [1.82, 2.24) is 0 Å². The number of ether oxygens (including phenoxy) is 1. The molecule has 0 fully saturated rings. The number of carboxylic acids is 1. The number of furan rings is 1. The molecular weight excluding hydrogens is 244 g/mol. The minimum absolute atomic E-state index is 0.0706. The van der Waals surface area contributed by atoms with E-state index in [4.69, 9.17) is 14.3 Å². The molecule has 0 aliphatic carbocycles. The second-order valence-electron chi connectivity index (χ2n) is 5.27. The van der Waals surface area contributed by atoms with Gasteiger partial charge in [-0.3, -0.25) is 0 Å². The predicted octanol–water partition coefficient (Wildman–Crippen LogP) is 4.07. The van der Waals surface area contributed by atoms with Gasteiger partial charge < -0.3 is 14.3 Å². The second-order valence-corrected chi connectivity index (χ2v) is 5.27. The van der Waals surface area contributed by atoms with Crippen molar-refractivity contribution in [2.24, 2.45) is 0 Å². The molecular formula is C15H16O4. The number of para-hydroxylation sites is 1. The number of carboxylic acid groups (broad SMARTS) is 1. The van der Waals surface area contributed by atoms with Crippen molar-refractivity contribution < 1.29 is 19.1 Å². The van der Waals surface area contributed by atoms with Crippen LogP contribution in [0.5, 0.6) is 11.7 Å². The van der Waals surface area contributed by atoms with Gasteiger partial charge in [0.15, 0.2) is 0 Å². The standard InChI is InChI=1S/C15H16O4/c1-15(2,3)10-6-4-5-7-11(10)18-13-9-8-12(19-13)14(16)17/h4-9H,1-3H3,(H,16,17). The van der Waals surface area contributed by atoms with E-state index in [1.807, 2.05) is 24.3 Å². The fourth-order valence-electron chi connectivity index (χ4n) is 1.77. The molecule has 4 nitrogen and oxygen atoms in total. The molecule has 1 N–H and O–H groups in total. The van der Waals surface area contributed by atoms with Gasteiger partial charge in [0, 0.05) is 11.6 Å². The molecule has 1 aromatic heterocycles. The molecule has 1 heterocycles.